The van der Waals surface area contributed by atoms with Gasteiger partial charge < -0.3 is 4.57 Å². The van der Waals surface area contributed by atoms with E-state index in [2.05, 4.69) is 193 Å². The van der Waals surface area contributed by atoms with E-state index in [4.69, 9.17) is 9.97 Å². The number of rotatable bonds is 3. The quantitative estimate of drug-likeness (QED) is 0.184. The van der Waals surface area contributed by atoms with Gasteiger partial charge in [-0.15, -0.1) is 0 Å². The number of aromatic nitrogens is 4. The molecule has 3 heterocycles. The highest BCUT2D eigenvalue weighted by Crippen LogP contribution is 2.52. The minimum atomic E-state index is -0.228. The molecule has 11 aromatic rings. The van der Waals surface area contributed by atoms with Crippen molar-refractivity contribution in [2.75, 3.05) is 0 Å². The second-order valence-electron chi connectivity index (χ2n) is 15.4. The van der Waals surface area contributed by atoms with Crippen LogP contribution < -0.4 is 0 Å². The molecule has 0 amide bonds. The van der Waals surface area contributed by atoms with Gasteiger partial charge in [-0.1, -0.05) is 135 Å². The van der Waals surface area contributed by atoms with Crippen LogP contribution in [0.15, 0.2) is 170 Å². The van der Waals surface area contributed by atoms with E-state index in [0.29, 0.717) is 0 Å². The third-order valence-corrected chi connectivity index (χ3v) is 12.1. The van der Waals surface area contributed by atoms with Gasteiger partial charge in [0.2, 0.25) is 0 Å². The lowest BCUT2D eigenvalue weighted by Crippen LogP contribution is -2.17. The van der Waals surface area contributed by atoms with Gasteiger partial charge in [0.25, 0.3) is 0 Å². The standard InChI is InChI=1S/C51H34N4/c1-51(2)41-21-8-5-16-34(41)38-19-13-20-39(48(38)51)49-50(53-43-23-10-9-22-42(43)52-49)55-46-29-32-15-4-3-14-31(32)28-40(46)37-27-26-33(30-47(37)55)54-44-24-11-6-17-35(44)36-18-7-12-25-45(36)54/h3-30H,1-2H3. The molecule has 55 heavy (non-hydrogen) atoms. The Kier molecular flexibility index (Phi) is 6.09. The minimum absolute atomic E-state index is 0.228. The molecule has 3 aromatic heterocycles. The molecule has 0 fully saturated rings. The van der Waals surface area contributed by atoms with Crippen molar-refractivity contribution in [3.8, 4) is 33.9 Å². The summed E-state index contributed by atoms with van der Waals surface area (Å²) in [6.07, 6.45) is 0. The molecule has 0 radical (unpaired) electrons. The first-order valence-electron chi connectivity index (χ1n) is 19.0. The summed E-state index contributed by atoms with van der Waals surface area (Å²) in [5.74, 6) is 0.827. The lowest BCUT2D eigenvalue weighted by atomic mass is 9.79. The Morgan fingerprint density at radius 1 is 0.418 bits per heavy atom. The normalized spacial score (nSPS) is 13.4. The molecular formula is C51H34N4. The third-order valence-electron chi connectivity index (χ3n) is 12.1. The van der Waals surface area contributed by atoms with E-state index in [-0.39, 0.29) is 5.41 Å². The van der Waals surface area contributed by atoms with Gasteiger partial charge in [0.05, 0.1) is 33.1 Å². The zero-order valence-electron chi connectivity index (χ0n) is 30.5. The first-order chi connectivity index (χ1) is 27.0. The highest BCUT2D eigenvalue weighted by Gasteiger charge is 2.38. The van der Waals surface area contributed by atoms with Crippen LogP contribution in [-0.2, 0) is 5.41 Å². The number of fused-ring (bicyclic) bond motifs is 11. The average molecular weight is 703 g/mol. The lowest BCUT2D eigenvalue weighted by Gasteiger charge is -2.25. The van der Waals surface area contributed by atoms with Crippen molar-refractivity contribution in [3.63, 3.8) is 0 Å². The molecule has 0 bridgehead atoms. The number of benzene rings is 8. The van der Waals surface area contributed by atoms with Gasteiger partial charge in [0, 0.05) is 38.2 Å². The molecule has 4 heteroatoms. The molecule has 0 N–H and O–H groups in total. The van der Waals surface area contributed by atoms with Crippen LogP contribution in [-0.4, -0.2) is 19.1 Å². The van der Waals surface area contributed by atoms with Gasteiger partial charge >= 0.3 is 0 Å². The van der Waals surface area contributed by atoms with E-state index in [1.807, 2.05) is 0 Å². The summed E-state index contributed by atoms with van der Waals surface area (Å²) < 4.78 is 4.79. The van der Waals surface area contributed by atoms with E-state index >= 15 is 0 Å². The Morgan fingerprint density at radius 3 is 1.78 bits per heavy atom. The maximum atomic E-state index is 5.58. The maximum absolute atomic E-state index is 5.58. The van der Waals surface area contributed by atoms with Gasteiger partial charge in [0.1, 0.15) is 5.69 Å². The van der Waals surface area contributed by atoms with E-state index in [9.17, 15) is 0 Å². The molecule has 1 aliphatic rings. The Labute approximate surface area is 317 Å². The zero-order valence-corrected chi connectivity index (χ0v) is 30.5. The van der Waals surface area contributed by atoms with Gasteiger partial charge in [-0.05, 0) is 81.6 Å². The van der Waals surface area contributed by atoms with Gasteiger partial charge in [-0.3, -0.25) is 4.57 Å². The van der Waals surface area contributed by atoms with Crippen molar-refractivity contribution < 1.29 is 0 Å². The second-order valence-corrected chi connectivity index (χ2v) is 15.4. The van der Waals surface area contributed by atoms with Crippen LogP contribution in [0.3, 0.4) is 0 Å². The first kappa shape index (κ1) is 30.4. The molecule has 4 nitrogen and oxygen atoms in total. The lowest BCUT2D eigenvalue weighted by molar-refractivity contribution is 0.661. The minimum Gasteiger partial charge on any atom is -0.309 e. The SMILES string of the molecule is CC1(C)c2ccccc2-c2cccc(-c3nc4ccccc4nc3-n3c4cc(-n5c6ccccc6c6ccccc65)ccc4c4cc5ccccc5cc43)c21. The Morgan fingerprint density at radius 2 is 1.00 bits per heavy atom. The first-order valence-corrected chi connectivity index (χ1v) is 19.0. The van der Waals surface area contributed by atoms with E-state index < -0.39 is 0 Å². The topological polar surface area (TPSA) is 35.6 Å². The predicted molar refractivity (Wildman–Crippen MR) is 229 cm³/mol. The average Bonchev–Trinajstić information content (AvgIpc) is 3.82. The molecule has 0 aliphatic heterocycles. The molecule has 0 atom stereocenters. The van der Waals surface area contributed by atoms with Crippen LogP contribution in [0.5, 0.6) is 0 Å². The van der Waals surface area contributed by atoms with Crippen molar-refractivity contribution in [3.05, 3.63) is 181 Å². The summed E-state index contributed by atoms with van der Waals surface area (Å²) in [4.78, 5) is 11.1. The number of hydrogen-bond acceptors (Lipinski definition) is 2. The molecule has 0 unspecified atom stereocenters. The summed E-state index contributed by atoms with van der Waals surface area (Å²) in [6.45, 7) is 4.69. The summed E-state index contributed by atoms with van der Waals surface area (Å²) >= 11 is 0. The highest BCUT2D eigenvalue weighted by molar-refractivity contribution is 6.15. The fourth-order valence-corrected chi connectivity index (χ4v) is 9.63. The fourth-order valence-electron chi connectivity index (χ4n) is 9.63. The maximum Gasteiger partial charge on any atom is 0.165 e. The van der Waals surface area contributed by atoms with Crippen LogP contribution in [0, 0.1) is 0 Å². The van der Waals surface area contributed by atoms with E-state index in [1.54, 1.807) is 0 Å². The molecule has 8 aromatic carbocycles. The van der Waals surface area contributed by atoms with Crippen molar-refractivity contribution in [2.24, 2.45) is 0 Å². The molecule has 0 saturated carbocycles. The van der Waals surface area contributed by atoms with E-state index in [1.165, 1.54) is 65.6 Å². The summed E-state index contributed by atoms with van der Waals surface area (Å²) in [7, 11) is 0. The molecule has 258 valence electrons. The van der Waals surface area contributed by atoms with Crippen LogP contribution in [0.2, 0.25) is 0 Å². The smallest absolute Gasteiger partial charge is 0.165 e. The third kappa shape index (κ3) is 4.17. The number of hydrogen-bond donors (Lipinski definition) is 0. The monoisotopic (exact) mass is 702 g/mol. The molecule has 0 spiro atoms. The van der Waals surface area contributed by atoms with Gasteiger partial charge in [-0.25, -0.2) is 9.97 Å². The molecular weight excluding hydrogens is 669 g/mol. The van der Waals surface area contributed by atoms with Crippen molar-refractivity contribution in [1.82, 2.24) is 19.1 Å². The highest BCUT2D eigenvalue weighted by atomic mass is 15.1. The summed E-state index contributed by atoms with van der Waals surface area (Å²) in [5.41, 5.74) is 14.4. The Bertz CT molecular complexity index is 3360. The largest absolute Gasteiger partial charge is 0.309 e. The summed E-state index contributed by atoms with van der Waals surface area (Å²) in [6, 6.07) is 61.5. The Balaban J connectivity index is 1.23. The van der Waals surface area contributed by atoms with Crippen molar-refractivity contribution >= 4 is 65.4 Å². The zero-order chi connectivity index (χ0) is 36.4. The molecule has 1 aliphatic carbocycles. The molecule has 12 rings (SSSR count). The van der Waals surface area contributed by atoms with Gasteiger partial charge in [0.15, 0.2) is 5.82 Å². The van der Waals surface area contributed by atoms with E-state index in [0.717, 1.165) is 44.8 Å². The number of nitrogens with zero attached hydrogens (tertiary/aromatic N) is 4. The van der Waals surface area contributed by atoms with Crippen LogP contribution >= 0.6 is 0 Å². The van der Waals surface area contributed by atoms with Gasteiger partial charge in [-0.2, -0.15) is 0 Å². The van der Waals surface area contributed by atoms with Crippen molar-refractivity contribution in [2.45, 2.75) is 19.3 Å². The van der Waals surface area contributed by atoms with Crippen LogP contribution in [0.4, 0.5) is 0 Å². The number of para-hydroxylation sites is 4. The second kappa shape index (κ2) is 11.0. The Hall–Kier alpha value is -7.04. The van der Waals surface area contributed by atoms with Crippen molar-refractivity contribution in [1.29, 1.82) is 0 Å². The van der Waals surface area contributed by atoms with Crippen LogP contribution in [0.25, 0.3) is 99.3 Å². The fraction of sp³-hybridized carbons (Fsp3) is 0.0588. The van der Waals surface area contributed by atoms with Crippen LogP contribution in [0.1, 0.15) is 25.0 Å². The molecule has 0 saturated heterocycles. The summed E-state index contributed by atoms with van der Waals surface area (Å²) in [5, 5.41) is 7.26. The predicted octanol–water partition coefficient (Wildman–Crippen LogP) is 13.0.